The second-order valence-corrected chi connectivity index (χ2v) is 8.18. The lowest BCUT2D eigenvalue weighted by molar-refractivity contribution is -0.132. The van der Waals surface area contributed by atoms with Gasteiger partial charge >= 0.3 is 0 Å². The largest absolute Gasteiger partial charge is 0.356 e. The summed E-state index contributed by atoms with van der Waals surface area (Å²) >= 11 is 0. The first-order valence-corrected chi connectivity index (χ1v) is 10.8. The molecular weight excluding hydrogens is 336 g/mol. The van der Waals surface area contributed by atoms with Crippen LogP contribution in [0.3, 0.4) is 0 Å². The van der Waals surface area contributed by atoms with Gasteiger partial charge in [-0.1, -0.05) is 56.4 Å². The molecule has 0 spiro atoms. The fourth-order valence-corrected chi connectivity index (χ4v) is 4.45. The average molecular weight is 371 g/mol. The first-order valence-electron chi connectivity index (χ1n) is 10.8. The van der Waals surface area contributed by atoms with E-state index in [1.165, 1.54) is 49.7 Å². The maximum Gasteiger partial charge on any atom is 0.222 e. The molecular formula is C23H34N2O2. The van der Waals surface area contributed by atoms with Crippen LogP contribution in [-0.4, -0.2) is 29.8 Å². The van der Waals surface area contributed by atoms with E-state index in [0.29, 0.717) is 19.4 Å². The van der Waals surface area contributed by atoms with Gasteiger partial charge in [0, 0.05) is 32.5 Å². The highest BCUT2D eigenvalue weighted by Gasteiger charge is 2.19. The van der Waals surface area contributed by atoms with E-state index in [9.17, 15) is 9.59 Å². The van der Waals surface area contributed by atoms with Gasteiger partial charge in [0.1, 0.15) is 0 Å². The van der Waals surface area contributed by atoms with Crippen LogP contribution >= 0.6 is 0 Å². The van der Waals surface area contributed by atoms with Crippen LogP contribution < -0.4 is 5.32 Å². The molecule has 0 bridgehead atoms. The molecule has 4 nitrogen and oxygen atoms in total. The first kappa shape index (κ1) is 19.9. The Morgan fingerprint density at radius 3 is 2.59 bits per heavy atom. The Hall–Kier alpha value is -1.84. The van der Waals surface area contributed by atoms with Gasteiger partial charge in [-0.3, -0.25) is 9.59 Å². The summed E-state index contributed by atoms with van der Waals surface area (Å²) in [5.74, 6) is 1.19. The molecule has 0 radical (unpaired) electrons. The standard InChI is InChI=1S/C23H34N2O2/c26-22(13-6-10-19-8-2-1-3-9-19)24-16-7-14-23(27)25-17-15-20-11-4-5-12-21(20)18-25/h4-5,11-12,19H,1-3,6-10,13-18H2,(H,24,26). The molecule has 4 heteroatoms. The first-order chi connectivity index (χ1) is 13.2. The minimum atomic E-state index is 0.144. The van der Waals surface area contributed by atoms with Crippen molar-refractivity contribution in [3.05, 3.63) is 35.4 Å². The highest BCUT2D eigenvalue weighted by atomic mass is 16.2. The molecule has 0 unspecified atom stereocenters. The third-order valence-electron chi connectivity index (χ3n) is 6.11. The van der Waals surface area contributed by atoms with Gasteiger partial charge in [-0.25, -0.2) is 0 Å². The van der Waals surface area contributed by atoms with Crippen LogP contribution in [0.15, 0.2) is 24.3 Å². The Balaban J connectivity index is 1.25. The number of nitrogens with zero attached hydrogens (tertiary/aromatic N) is 1. The number of carbonyl (C=O) groups is 2. The lowest BCUT2D eigenvalue weighted by Crippen LogP contribution is -2.36. The molecule has 1 aliphatic heterocycles. The van der Waals surface area contributed by atoms with E-state index >= 15 is 0 Å². The number of nitrogens with one attached hydrogen (secondary N) is 1. The zero-order chi connectivity index (χ0) is 18.9. The third-order valence-corrected chi connectivity index (χ3v) is 6.11. The van der Waals surface area contributed by atoms with E-state index < -0.39 is 0 Å². The number of hydrogen-bond donors (Lipinski definition) is 1. The van der Waals surface area contributed by atoms with Gasteiger partial charge in [-0.2, -0.15) is 0 Å². The van der Waals surface area contributed by atoms with Crippen LogP contribution in [0.25, 0.3) is 0 Å². The minimum Gasteiger partial charge on any atom is -0.356 e. The van der Waals surface area contributed by atoms with Crippen molar-refractivity contribution >= 4 is 11.8 Å². The molecule has 1 N–H and O–H groups in total. The second kappa shape index (κ2) is 10.5. The van der Waals surface area contributed by atoms with Crippen molar-refractivity contribution in [1.82, 2.24) is 10.2 Å². The summed E-state index contributed by atoms with van der Waals surface area (Å²) in [6, 6.07) is 8.37. The maximum atomic E-state index is 12.4. The van der Waals surface area contributed by atoms with Crippen LogP contribution in [0.5, 0.6) is 0 Å². The molecule has 1 heterocycles. The molecule has 1 aliphatic carbocycles. The Bertz CT molecular complexity index is 623. The number of fused-ring (bicyclic) bond motifs is 1. The van der Waals surface area contributed by atoms with Crippen LogP contribution in [0.1, 0.15) is 75.3 Å². The van der Waals surface area contributed by atoms with Crippen molar-refractivity contribution < 1.29 is 9.59 Å². The number of benzene rings is 1. The summed E-state index contributed by atoms with van der Waals surface area (Å²) in [6.45, 7) is 2.14. The zero-order valence-corrected chi connectivity index (χ0v) is 16.5. The summed E-state index contributed by atoms with van der Waals surface area (Å²) < 4.78 is 0. The quantitative estimate of drug-likeness (QED) is 0.697. The minimum absolute atomic E-state index is 0.144. The summed E-state index contributed by atoms with van der Waals surface area (Å²) in [4.78, 5) is 26.3. The maximum absolute atomic E-state index is 12.4. The predicted octanol–water partition coefficient (Wildman–Crippen LogP) is 4.22. The molecule has 2 amide bonds. The highest BCUT2D eigenvalue weighted by molar-refractivity contribution is 5.77. The fourth-order valence-electron chi connectivity index (χ4n) is 4.45. The van der Waals surface area contributed by atoms with Crippen molar-refractivity contribution in [3.8, 4) is 0 Å². The topological polar surface area (TPSA) is 49.4 Å². The summed E-state index contributed by atoms with van der Waals surface area (Å²) in [5, 5.41) is 2.98. The molecule has 2 aliphatic rings. The number of rotatable bonds is 8. The van der Waals surface area contributed by atoms with Crippen LogP contribution in [0.2, 0.25) is 0 Å². The van der Waals surface area contributed by atoms with Crippen molar-refractivity contribution in [2.24, 2.45) is 5.92 Å². The molecule has 1 aromatic rings. The smallest absolute Gasteiger partial charge is 0.222 e. The zero-order valence-electron chi connectivity index (χ0n) is 16.5. The van der Waals surface area contributed by atoms with E-state index in [1.807, 2.05) is 11.0 Å². The van der Waals surface area contributed by atoms with Gasteiger partial charge in [-0.15, -0.1) is 0 Å². The van der Waals surface area contributed by atoms with Crippen molar-refractivity contribution in [3.63, 3.8) is 0 Å². The van der Waals surface area contributed by atoms with Crippen molar-refractivity contribution in [1.29, 1.82) is 0 Å². The molecule has 1 fully saturated rings. The Morgan fingerprint density at radius 2 is 1.78 bits per heavy atom. The molecule has 1 saturated carbocycles. The number of carbonyl (C=O) groups excluding carboxylic acids is 2. The molecule has 0 saturated heterocycles. The van der Waals surface area contributed by atoms with E-state index in [4.69, 9.17) is 0 Å². The Kier molecular flexibility index (Phi) is 7.73. The van der Waals surface area contributed by atoms with Gasteiger partial charge in [0.2, 0.25) is 11.8 Å². The van der Waals surface area contributed by atoms with Crippen molar-refractivity contribution in [2.45, 2.75) is 77.2 Å². The third kappa shape index (κ3) is 6.37. The van der Waals surface area contributed by atoms with Crippen molar-refractivity contribution in [2.75, 3.05) is 13.1 Å². The summed E-state index contributed by atoms with van der Waals surface area (Å²) in [7, 11) is 0. The highest BCUT2D eigenvalue weighted by Crippen LogP contribution is 2.27. The van der Waals surface area contributed by atoms with E-state index in [1.54, 1.807) is 0 Å². The predicted molar refractivity (Wildman–Crippen MR) is 108 cm³/mol. The van der Waals surface area contributed by atoms with E-state index in [2.05, 4.69) is 23.5 Å². The second-order valence-electron chi connectivity index (χ2n) is 8.18. The molecule has 0 aromatic heterocycles. The van der Waals surface area contributed by atoms with Crippen LogP contribution in [0.4, 0.5) is 0 Å². The van der Waals surface area contributed by atoms with Crippen LogP contribution in [0, 0.1) is 5.92 Å². The molecule has 27 heavy (non-hydrogen) atoms. The summed E-state index contributed by atoms with van der Waals surface area (Å²) in [5.41, 5.74) is 2.63. The summed E-state index contributed by atoms with van der Waals surface area (Å²) in [6.07, 6.45) is 11.9. The normalized spacial score (nSPS) is 17.4. The Morgan fingerprint density at radius 1 is 1.00 bits per heavy atom. The average Bonchev–Trinajstić information content (AvgIpc) is 2.71. The van der Waals surface area contributed by atoms with E-state index in [-0.39, 0.29) is 11.8 Å². The molecule has 148 valence electrons. The molecule has 3 rings (SSSR count). The number of amides is 2. The fraction of sp³-hybridized carbons (Fsp3) is 0.652. The van der Waals surface area contributed by atoms with Gasteiger partial charge in [0.25, 0.3) is 0 Å². The molecule has 1 aromatic carbocycles. The monoisotopic (exact) mass is 370 g/mol. The Labute approximate surface area is 163 Å². The number of hydrogen-bond acceptors (Lipinski definition) is 2. The molecule has 0 atom stereocenters. The van der Waals surface area contributed by atoms with Crippen LogP contribution in [-0.2, 0) is 22.6 Å². The lowest BCUT2D eigenvalue weighted by atomic mass is 9.86. The van der Waals surface area contributed by atoms with Gasteiger partial charge in [-0.05, 0) is 42.7 Å². The van der Waals surface area contributed by atoms with Gasteiger partial charge < -0.3 is 10.2 Å². The van der Waals surface area contributed by atoms with Gasteiger partial charge in [0.05, 0.1) is 0 Å². The SMILES string of the molecule is O=C(CCCC1CCCCC1)NCCCC(=O)N1CCc2ccccc2C1. The lowest BCUT2D eigenvalue weighted by Gasteiger charge is -2.29. The van der Waals surface area contributed by atoms with Gasteiger partial charge in [0.15, 0.2) is 0 Å². The van der Waals surface area contributed by atoms with E-state index in [0.717, 1.165) is 38.3 Å².